The summed E-state index contributed by atoms with van der Waals surface area (Å²) in [5.41, 5.74) is 6.09. The van der Waals surface area contributed by atoms with E-state index in [-0.39, 0.29) is 11.7 Å². The summed E-state index contributed by atoms with van der Waals surface area (Å²) in [7, 11) is 0. The second kappa shape index (κ2) is 5.29. The summed E-state index contributed by atoms with van der Waals surface area (Å²) < 4.78 is 5.49. The standard InChI is InChI=1S/C11H14N2O3S/c12-11-13-9(6-17-11)8(10(14)15)5-7-3-1-2-4-16-7/h5-7H,1-4H2,(H2,12,13)(H,14,15)/b8-5-. The fourth-order valence-electron chi connectivity index (χ4n) is 1.76. The number of nitrogens with zero attached hydrogens (tertiary/aromatic N) is 1. The largest absolute Gasteiger partial charge is 0.478 e. The molecular weight excluding hydrogens is 240 g/mol. The fourth-order valence-corrected chi connectivity index (χ4v) is 2.32. The molecular formula is C11H14N2O3S. The van der Waals surface area contributed by atoms with Gasteiger partial charge in [-0.1, -0.05) is 0 Å². The highest BCUT2D eigenvalue weighted by molar-refractivity contribution is 7.13. The summed E-state index contributed by atoms with van der Waals surface area (Å²) in [6, 6.07) is 0. The minimum Gasteiger partial charge on any atom is -0.478 e. The normalized spacial score (nSPS) is 21.4. The zero-order valence-electron chi connectivity index (χ0n) is 9.26. The van der Waals surface area contributed by atoms with E-state index < -0.39 is 5.97 Å². The molecule has 1 unspecified atom stereocenters. The van der Waals surface area contributed by atoms with E-state index in [0.29, 0.717) is 17.4 Å². The van der Waals surface area contributed by atoms with Gasteiger partial charge in [-0.3, -0.25) is 0 Å². The van der Waals surface area contributed by atoms with E-state index in [4.69, 9.17) is 15.6 Å². The fraction of sp³-hybridized carbons (Fsp3) is 0.455. The highest BCUT2D eigenvalue weighted by Crippen LogP contribution is 2.23. The molecule has 1 aliphatic rings. The number of carboxylic acid groups (broad SMARTS) is 1. The lowest BCUT2D eigenvalue weighted by atomic mass is 10.0. The lowest BCUT2D eigenvalue weighted by Gasteiger charge is -2.19. The van der Waals surface area contributed by atoms with Gasteiger partial charge in [0.2, 0.25) is 0 Å². The molecule has 1 fully saturated rings. The number of thiazole rings is 1. The molecule has 3 N–H and O–H groups in total. The molecule has 2 rings (SSSR count). The Morgan fingerprint density at radius 2 is 2.47 bits per heavy atom. The van der Waals surface area contributed by atoms with Crippen molar-refractivity contribution in [1.82, 2.24) is 4.98 Å². The first-order valence-electron chi connectivity index (χ1n) is 5.45. The van der Waals surface area contributed by atoms with Crippen LogP contribution in [0.3, 0.4) is 0 Å². The zero-order chi connectivity index (χ0) is 12.3. The van der Waals surface area contributed by atoms with Crippen molar-refractivity contribution in [2.45, 2.75) is 25.4 Å². The average Bonchev–Trinajstić information content (AvgIpc) is 2.73. The number of aromatic nitrogens is 1. The molecule has 1 aliphatic heterocycles. The monoisotopic (exact) mass is 254 g/mol. The van der Waals surface area contributed by atoms with Gasteiger partial charge in [0.15, 0.2) is 5.13 Å². The van der Waals surface area contributed by atoms with Crippen molar-refractivity contribution in [3.05, 3.63) is 17.2 Å². The van der Waals surface area contributed by atoms with Crippen LogP contribution in [0, 0.1) is 0 Å². The first kappa shape index (κ1) is 12.1. The Bertz CT molecular complexity index is 436. The molecule has 92 valence electrons. The molecule has 5 nitrogen and oxygen atoms in total. The second-order valence-corrected chi connectivity index (χ2v) is 4.75. The summed E-state index contributed by atoms with van der Waals surface area (Å²) in [6.45, 7) is 0.688. The quantitative estimate of drug-likeness (QED) is 0.803. The van der Waals surface area contributed by atoms with Crippen molar-refractivity contribution in [2.24, 2.45) is 0 Å². The number of hydrogen-bond acceptors (Lipinski definition) is 5. The molecule has 0 spiro atoms. The van der Waals surface area contributed by atoms with Crippen LogP contribution in [0.25, 0.3) is 5.57 Å². The molecule has 6 heteroatoms. The first-order valence-corrected chi connectivity index (χ1v) is 6.33. The number of carboxylic acids is 1. The van der Waals surface area contributed by atoms with Crippen molar-refractivity contribution in [2.75, 3.05) is 12.3 Å². The van der Waals surface area contributed by atoms with Crippen LogP contribution in [0.15, 0.2) is 11.5 Å². The van der Waals surface area contributed by atoms with Gasteiger partial charge in [-0.15, -0.1) is 11.3 Å². The van der Waals surface area contributed by atoms with Crippen LogP contribution < -0.4 is 5.73 Å². The molecule has 0 aromatic carbocycles. The van der Waals surface area contributed by atoms with E-state index in [1.54, 1.807) is 11.5 Å². The Hall–Kier alpha value is -1.40. The number of carbonyl (C=O) groups is 1. The van der Waals surface area contributed by atoms with Gasteiger partial charge in [0.1, 0.15) is 0 Å². The number of nitrogens with two attached hydrogens (primary N) is 1. The molecule has 0 saturated carbocycles. The van der Waals surface area contributed by atoms with E-state index in [0.717, 1.165) is 19.3 Å². The van der Waals surface area contributed by atoms with Crippen LogP contribution in [0.4, 0.5) is 5.13 Å². The minimum atomic E-state index is -0.996. The van der Waals surface area contributed by atoms with Crippen LogP contribution in [-0.4, -0.2) is 28.8 Å². The van der Waals surface area contributed by atoms with Crippen molar-refractivity contribution in [1.29, 1.82) is 0 Å². The van der Waals surface area contributed by atoms with Gasteiger partial charge in [0.25, 0.3) is 0 Å². The maximum absolute atomic E-state index is 11.2. The van der Waals surface area contributed by atoms with Crippen molar-refractivity contribution in [3.63, 3.8) is 0 Å². The average molecular weight is 254 g/mol. The Labute approximate surface area is 103 Å². The Balaban J connectivity index is 2.22. The topological polar surface area (TPSA) is 85.4 Å². The molecule has 1 atom stereocenters. The minimum absolute atomic E-state index is 0.127. The van der Waals surface area contributed by atoms with Gasteiger partial charge in [0.05, 0.1) is 17.4 Å². The number of nitrogen functional groups attached to an aromatic ring is 1. The predicted octanol–water partition coefficient (Wildman–Crippen LogP) is 1.76. The smallest absolute Gasteiger partial charge is 0.337 e. The molecule has 2 heterocycles. The van der Waals surface area contributed by atoms with Gasteiger partial charge in [-0.05, 0) is 25.3 Å². The van der Waals surface area contributed by atoms with Gasteiger partial charge in [-0.25, -0.2) is 9.78 Å². The van der Waals surface area contributed by atoms with Gasteiger partial charge in [-0.2, -0.15) is 0 Å². The number of anilines is 1. The van der Waals surface area contributed by atoms with E-state index in [2.05, 4.69) is 4.98 Å². The van der Waals surface area contributed by atoms with Crippen molar-refractivity contribution >= 4 is 28.0 Å². The Morgan fingerprint density at radius 3 is 3.00 bits per heavy atom. The second-order valence-electron chi connectivity index (χ2n) is 3.86. The van der Waals surface area contributed by atoms with E-state index in [1.165, 1.54) is 11.3 Å². The lowest BCUT2D eigenvalue weighted by molar-refractivity contribution is -0.130. The molecule has 0 amide bonds. The van der Waals surface area contributed by atoms with E-state index in [9.17, 15) is 4.79 Å². The van der Waals surface area contributed by atoms with Crippen LogP contribution in [-0.2, 0) is 9.53 Å². The number of hydrogen-bond donors (Lipinski definition) is 2. The summed E-state index contributed by atoms with van der Waals surface area (Å²) in [6.07, 6.45) is 4.47. The molecule has 0 bridgehead atoms. The third-order valence-electron chi connectivity index (χ3n) is 2.60. The maximum atomic E-state index is 11.2. The first-order chi connectivity index (χ1) is 8.16. The summed E-state index contributed by atoms with van der Waals surface area (Å²) >= 11 is 1.23. The van der Waals surface area contributed by atoms with Gasteiger partial charge in [0, 0.05) is 12.0 Å². The zero-order valence-corrected chi connectivity index (χ0v) is 10.1. The Morgan fingerprint density at radius 1 is 1.65 bits per heavy atom. The third kappa shape index (κ3) is 3.04. The summed E-state index contributed by atoms with van der Waals surface area (Å²) in [5.74, 6) is -0.996. The van der Waals surface area contributed by atoms with Crippen LogP contribution in [0.5, 0.6) is 0 Å². The number of ether oxygens (including phenoxy) is 1. The predicted molar refractivity (Wildman–Crippen MR) is 65.7 cm³/mol. The van der Waals surface area contributed by atoms with Crippen LogP contribution in [0.2, 0.25) is 0 Å². The van der Waals surface area contributed by atoms with Crippen LogP contribution in [0.1, 0.15) is 25.0 Å². The molecule has 1 aromatic heterocycles. The molecule has 0 radical (unpaired) electrons. The van der Waals surface area contributed by atoms with Crippen molar-refractivity contribution < 1.29 is 14.6 Å². The van der Waals surface area contributed by atoms with Crippen LogP contribution >= 0.6 is 11.3 Å². The van der Waals surface area contributed by atoms with E-state index >= 15 is 0 Å². The Kier molecular flexibility index (Phi) is 3.75. The SMILES string of the molecule is Nc1nc(/C(=C/C2CCCCO2)C(=O)O)cs1. The molecule has 1 saturated heterocycles. The highest BCUT2D eigenvalue weighted by atomic mass is 32.1. The lowest BCUT2D eigenvalue weighted by Crippen LogP contribution is -2.18. The van der Waals surface area contributed by atoms with E-state index in [1.807, 2.05) is 0 Å². The maximum Gasteiger partial charge on any atom is 0.337 e. The van der Waals surface area contributed by atoms with Gasteiger partial charge < -0.3 is 15.6 Å². The van der Waals surface area contributed by atoms with Crippen molar-refractivity contribution in [3.8, 4) is 0 Å². The summed E-state index contributed by atoms with van der Waals surface area (Å²) in [5, 5.41) is 11.2. The third-order valence-corrected chi connectivity index (χ3v) is 3.27. The summed E-state index contributed by atoms with van der Waals surface area (Å²) in [4.78, 5) is 15.2. The molecule has 17 heavy (non-hydrogen) atoms. The number of rotatable bonds is 3. The highest BCUT2D eigenvalue weighted by Gasteiger charge is 2.18. The molecule has 1 aromatic rings. The number of aliphatic carboxylic acids is 1. The molecule has 0 aliphatic carbocycles. The van der Waals surface area contributed by atoms with Gasteiger partial charge >= 0.3 is 5.97 Å².